The van der Waals surface area contributed by atoms with Gasteiger partial charge in [-0.15, -0.1) is 0 Å². The zero-order chi connectivity index (χ0) is 16.2. The Balaban J connectivity index is 1.71. The van der Waals surface area contributed by atoms with Crippen molar-refractivity contribution in [2.24, 2.45) is 0 Å². The van der Waals surface area contributed by atoms with Crippen LogP contribution in [0.3, 0.4) is 0 Å². The molecule has 3 aromatic rings. The first-order valence-corrected chi connectivity index (χ1v) is 7.54. The van der Waals surface area contributed by atoms with Gasteiger partial charge in [-0.25, -0.2) is 4.98 Å². The molecule has 23 heavy (non-hydrogen) atoms. The maximum Gasteiger partial charge on any atom is 0.240 e. The first-order chi connectivity index (χ1) is 11.2. The minimum absolute atomic E-state index is 0.108. The van der Waals surface area contributed by atoms with Gasteiger partial charge >= 0.3 is 0 Å². The normalized spacial score (nSPS) is 10.9. The van der Waals surface area contributed by atoms with Crippen LogP contribution in [-0.2, 0) is 24.5 Å². The second-order valence-electron chi connectivity index (χ2n) is 5.52. The van der Waals surface area contributed by atoms with Crippen molar-refractivity contribution < 1.29 is 9.90 Å². The van der Waals surface area contributed by atoms with E-state index in [2.05, 4.69) is 10.3 Å². The van der Waals surface area contributed by atoms with Gasteiger partial charge in [0.25, 0.3) is 0 Å². The Labute approximate surface area is 134 Å². The lowest BCUT2D eigenvalue weighted by Gasteiger charge is -2.09. The molecular weight excluding hydrogens is 290 g/mol. The molecule has 5 heteroatoms. The van der Waals surface area contributed by atoms with Gasteiger partial charge in [0.05, 0.1) is 11.0 Å². The fourth-order valence-corrected chi connectivity index (χ4v) is 2.53. The monoisotopic (exact) mass is 309 g/mol. The molecule has 0 atom stereocenters. The molecule has 1 heterocycles. The molecule has 2 aromatic carbocycles. The molecule has 0 saturated carbocycles. The molecule has 2 N–H and O–H groups in total. The van der Waals surface area contributed by atoms with Crippen LogP contribution in [0.1, 0.15) is 17.0 Å². The number of aromatic nitrogens is 2. The molecule has 0 aliphatic heterocycles. The third-order valence-electron chi connectivity index (χ3n) is 3.79. The molecule has 118 valence electrons. The highest BCUT2D eigenvalue weighted by molar-refractivity contribution is 5.81. The molecule has 1 aromatic heterocycles. The molecule has 0 aliphatic rings. The number of hydrogen-bond acceptors (Lipinski definition) is 3. The standard InChI is InChI=1S/C18H19N3O2/c1-13-6-8-14(9-7-13)10-19-18(23)11-21-16-5-3-2-4-15(16)20-17(21)12-22/h2-9,22H,10-12H2,1H3,(H,19,23). The smallest absolute Gasteiger partial charge is 0.240 e. The van der Waals surface area contributed by atoms with Crippen molar-refractivity contribution in [2.45, 2.75) is 26.6 Å². The summed E-state index contributed by atoms with van der Waals surface area (Å²) in [5.74, 6) is 0.389. The number of fused-ring (bicyclic) bond motifs is 1. The van der Waals surface area contributed by atoms with Crippen LogP contribution in [0.4, 0.5) is 0 Å². The van der Waals surface area contributed by atoms with Crippen LogP contribution in [0, 0.1) is 6.92 Å². The second kappa shape index (κ2) is 6.62. The van der Waals surface area contributed by atoms with Gasteiger partial charge in [-0.3, -0.25) is 4.79 Å². The van der Waals surface area contributed by atoms with E-state index >= 15 is 0 Å². The number of imidazole rings is 1. The number of aliphatic hydroxyl groups is 1. The van der Waals surface area contributed by atoms with Crippen LogP contribution in [0.15, 0.2) is 48.5 Å². The fourth-order valence-electron chi connectivity index (χ4n) is 2.53. The molecule has 0 fully saturated rings. The average molecular weight is 309 g/mol. The van der Waals surface area contributed by atoms with Crippen molar-refractivity contribution >= 4 is 16.9 Å². The number of hydrogen-bond donors (Lipinski definition) is 2. The quantitative estimate of drug-likeness (QED) is 0.759. The lowest BCUT2D eigenvalue weighted by Crippen LogP contribution is -2.27. The molecule has 0 radical (unpaired) electrons. The summed E-state index contributed by atoms with van der Waals surface area (Å²) in [6.45, 7) is 2.46. The summed E-state index contributed by atoms with van der Waals surface area (Å²) >= 11 is 0. The van der Waals surface area contributed by atoms with E-state index in [0.717, 1.165) is 16.6 Å². The predicted octanol–water partition coefficient (Wildman–Crippen LogP) is 2.15. The topological polar surface area (TPSA) is 67.2 Å². The Morgan fingerprint density at radius 2 is 1.91 bits per heavy atom. The van der Waals surface area contributed by atoms with Crippen molar-refractivity contribution in [1.82, 2.24) is 14.9 Å². The number of carbonyl (C=O) groups is 1. The first kappa shape index (κ1) is 15.2. The van der Waals surface area contributed by atoms with Crippen LogP contribution in [-0.4, -0.2) is 20.6 Å². The largest absolute Gasteiger partial charge is 0.388 e. The van der Waals surface area contributed by atoms with E-state index in [4.69, 9.17) is 0 Å². The van der Waals surface area contributed by atoms with Gasteiger partial charge in [-0.2, -0.15) is 0 Å². The summed E-state index contributed by atoms with van der Waals surface area (Å²) in [5.41, 5.74) is 3.88. The minimum Gasteiger partial charge on any atom is -0.388 e. The first-order valence-electron chi connectivity index (χ1n) is 7.54. The zero-order valence-corrected chi connectivity index (χ0v) is 13.0. The number of carbonyl (C=O) groups excluding carboxylic acids is 1. The van der Waals surface area contributed by atoms with Gasteiger partial charge in [0, 0.05) is 6.54 Å². The number of nitrogens with one attached hydrogen (secondary N) is 1. The molecule has 0 aliphatic carbocycles. The van der Waals surface area contributed by atoms with Crippen molar-refractivity contribution in [3.05, 3.63) is 65.5 Å². The maximum absolute atomic E-state index is 12.2. The number of aryl methyl sites for hydroxylation is 1. The van der Waals surface area contributed by atoms with Crippen LogP contribution >= 0.6 is 0 Å². The Hall–Kier alpha value is -2.66. The van der Waals surface area contributed by atoms with E-state index in [0.29, 0.717) is 12.4 Å². The van der Waals surface area contributed by atoms with Gasteiger partial charge in [0.1, 0.15) is 19.0 Å². The van der Waals surface area contributed by atoms with E-state index in [9.17, 15) is 9.90 Å². The van der Waals surface area contributed by atoms with E-state index in [1.807, 2.05) is 55.5 Å². The summed E-state index contributed by atoms with van der Waals surface area (Å²) < 4.78 is 1.75. The third kappa shape index (κ3) is 3.40. The molecular formula is C18H19N3O2. The Morgan fingerprint density at radius 3 is 2.65 bits per heavy atom. The summed E-state index contributed by atoms with van der Waals surface area (Å²) in [4.78, 5) is 16.6. The average Bonchev–Trinajstić information content (AvgIpc) is 2.92. The number of rotatable bonds is 5. The van der Waals surface area contributed by atoms with Crippen LogP contribution in [0.2, 0.25) is 0 Å². The highest BCUT2D eigenvalue weighted by Gasteiger charge is 2.12. The second-order valence-corrected chi connectivity index (χ2v) is 5.52. The highest BCUT2D eigenvalue weighted by Crippen LogP contribution is 2.15. The number of benzene rings is 2. The van der Waals surface area contributed by atoms with Crippen molar-refractivity contribution in [3.8, 4) is 0 Å². The van der Waals surface area contributed by atoms with E-state index in [-0.39, 0.29) is 19.1 Å². The fraction of sp³-hybridized carbons (Fsp3) is 0.222. The Morgan fingerprint density at radius 1 is 1.17 bits per heavy atom. The summed E-state index contributed by atoms with van der Waals surface area (Å²) in [5, 5.41) is 12.4. The highest BCUT2D eigenvalue weighted by atomic mass is 16.3. The molecule has 0 bridgehead atoms. The van der Waals surface area contributed by atoms with E-state index in [1.165, 1.54) is 5.56 Å². The molecule has 0 spiro atoms. The number of aliphatic hydroxyl groups excluding tert-OH is 1. The predicted molar refractivity (Wildman–Crippen MR) is 88.7 cm³/mol. The Bertz CT molecular complexity index is 822. The molecule has 0 saturated heterocycles. The van der Waals surface area contributed by atoms with E-state index < -0.39 is 0 Å². The van der Waals surface area contributed by atoms with Crippen molar-refractivity contribution in [3.63, 3.8) is 0 Å². The van der Waals surface area contributed by atoms with Gasteiger partial charge in [0.15, 0.2) is 0 Å². The van der Waals surface area contributed by atoms with Crippen LogP contribution < -0.4 is 5.32 Å². The maximum atomic E-state index is 12.2. The number of para-hydroxylation sites is 2. The summed E-state index contributed by atoms with van der Waals surface area (Å²) in [6, 6.07) is 15.6. The number of amides is 1. The van der Waals surface area contributed by atoms with Crippen LogP contribution in [0.25, 0.3) is 11.0 Å². The Kier molecular flexibility index (Phi) is 4.39. The van der Waals surface area contributed by atoms with Crippen molar-refractivity contribution in [1.29, 1.82) is 0 Å². The summed E-state index contributed by atoms with van der Waals surface area (Å²) in [6.07, 6.45) is 0. The van der Waals surface area contributed by atoms with Gasteiger partial charge in [-0.1, -0.05) is 42.0 Å². The molecule has 1 amide bonds. The summed E-state index contributed by atoms with van der Waals surface area (Å²) in [7, 11) is 0. The lowest BCUT2D eigenvalue weighted by molar-refractivity contribution is -0.121. The van der Waals surface area contributed by atoms with Crippen molar-refractivity contribution in [2.75, 3.05) is 0 Å². The van der Waals surface area contributed by atoms with E-state index in [1.54, 1.807) is 4.57 Å². The zero-order valence-electron chi connectivity index (χ0n) is 13.0. The van der Waals surface area contributed by atoms with Gasteiger partial charge in [-0.05, 0) is 24.6 Å². The SMILES string of the molecule is Cc1ccc(CNC(=O)Cn2c(CO)nc3ccccc32)cc1. The van der Waals surface area contributed by atoms with Gasteiger partial charge in [0.2, 0.25) is 5.91 Å². The lowest BCUT2D eigenvalue weighted by atomic mass is 10.1. The third-order valence-corrected chi connectivity index (χ3v) is 3.79. The number of nitrogens with zero attached hydrogens (tertiary/aromatic N) is 2. The van der Waals surface area contributed by atoms with Gasteiger partial charge < -0.3 is 15.0 Å². The minimum atomic E-state index is -0.195. The molecule has 5 nitrogen and oxygen atoms in total. The molecule has 0 unspecified atom stereocenters. The molecule has 3 rings (SSSR count). The van der Waals surface area contributed by atoms with Crippen LogP contribution in [0.5, 0.6) is 0 Å².